The third-order valence-corrected chi connectivity index (χ3v) is 4.14. The monoisotopic (exact) mass is 353 g/mol. The zero-order valence-electron chi connectivity index (χ0n) is 14.7. The number of anilines is 1. The van der Waals surface area contributed by atoms with Crippen LogP contribution < -0.4 is 10.1 Å². The van der Waals surface area contributed by atoms with E-state index in [0.717, 1.165) is 22.6 Å². The molecule has 0 unspecified atom stereocenters. The number of hydrogen-bond acceptors (Lipinski definition) is 4. The number of pyridine rings is 2. The summed E-state index contributed by atoms with van der Waals surface area (Å²) < 4.78 is 5.84. The van der Waals surface area contributed by atoms with Crippen molar-refractivity contribution in [3.05, 3.63) is 103 Å². The van der Waals surface area contributed by atoms with Crippen molar-refractivity contribution in [1.82, 2.24) is 9.97 Å². The van der Waals surface area contributed by atoms with Crippen molar-refractivity contribution in [2.24, 2.45) is 0 Å². The third kappa shape index (κ3) is 4.50. The van der Waals surface area contributed by atoms with Crippen molar-refractivity contribution in [2.75, 3.05) is 5.32 Å². The molecule has 4 rings (SSSR count). The summed E-state index contributed by atoms with van der Waals surface area (Å²) in [5.41, 5.74) is 4.40. The first-order chi connectivity index (χ1) is 13.4. The van der Waals surface area contributed by atoms with Gasteiger partial charge in [0.25, 0.3) is 0 Å². The standard InChI is InChI=1S/C23H19N3O/c1-2-6-19(7-3-1)20-8-11-22(12-9-20)27-23-13-10-21(17-26-23)25-16-18-5-4-14-24-15-18/h1-15,17,25H,16H2. The normalized spacial score (nSPS) is 10.4. The van der Waals surface area contributed by atoms with Gasteiger partial charge in [-0.15, -0.1) is 0 Å². The Balaban J connectivity index is 1.37. The van der Waals surface area contributed by atoms with E-state index in [1.165, 1.54) is 5.56 Å². The second-order valence-electron chi connectivity index (χ2n) is 6.09. The van der Waals surface area contributed by atoms with Crippen molar-refractivity contribution >= 4 is 5.69 Å². The average Bonchev–Trinajstić information content (AvgIpc) is 2.75. The van der Waals surface area contributed by atoms with Crippen LogP contribution in [-0.2, 0) is 6.54 Å². The van der Waals surface area contributed by atoms with Crippen LogP contribution in [0.3, 0.4) is 0 Å². The molecular formula is C23H19N3O. The minimum Gasteiger partial charge on any atom is -0.439 e. The van der Waals surface area contributed by atoms with Crippen molar-refractivity contribution in [2.45, 2.75) is 6.54 Å². The molecule has 0 bridgehead atoms. The molecule has 0 fully saturated rings. The molecule has 0 radical (unpaired) electrons. The van der Waals surface area contributed by atoms with Gasteiger partial charge in [-0.3, -0.25) is 4.98 Å². The Labute approximate surface area is 158 Å². The summed E-state index contributed by atoms with van der Waals surface area (Å²) in [4.78, 5) is 8.47. The maximum atomic E-state index is 5.84. The second-order valence-corrected chi connectivity index (χ2v) is 6.09. The lowest BCUT2D eigenvalue weighted by molar-refractivity contribution is 0.463. The van der Waals surface area contributed by atoms with E-state index in [2.05, 4.69) is 39.6 Å². The fourth-order valence-corrected chi connectivity index (χ4v) is 2.72. The van der Waals surface area contributed by atoms with Gasteiger partial charge in [-0.25, -0.2) is 4.98 Å². The predicted molar refractivity (Wildman–Crippen MR) is 108 cm³/mol. The summed E-state index contributed by atoms with van der Waals surface area (Å²) in [6.07, 6.45) is 5.38. The average molecular weight is 353 g/mol. The number of nitrogens with one attached hydrogen (secondary N) is 1. The Kier molecular flexibility index (Phi) is 5.07. The van der Waals surface area contributed by atoms with Gasteiger partial charge in [0.05, 0.1) is 11.9 Å². The Morgan fingerprint density at radius 1 is 0.741 bits per heavy atom. The highest BCUT2D eigenvalue weighted by Gasteiger charge is 2.02. The second kappa shape index (κ2) is 8.15. The molecule has 4 nitrogen and oxygen atoms in total. The SMILES string of the molecule is c1ccc(-c2ccc(Oc3ccc(NCc4cccnc4)cn3)cc2)cc1. The maximum Gasteiger partial charge on any atom is 0.219 e. The van der Waals surface area contributed by atoms with Crippen LogP contribution in [0.1, 0.15) is 5.56 Å². The van der Waals surface area contributed by atoms with Crippen molar-refractivity contribution in [3.8, 4) is 22.8 Å². The molecule has 1 N–H and O–H groups in total. The molecule has 132 valence electrons. The lowest BCUT2D eigenvalue weighted by Crippen LogP contribution is -2.00. The Morgan fingerprint density at radius 3 is 2.26 bits per heavy atom. The molecule has 27 heavy (non-hydrogen) atoms. The summed E-state index contributed by atoms with van der Waals surface area (Å²) in [6, 6.07) is 26.1. The highest BCUT2D eigenvalue weighted by molar-refractivity contribution is 5.64. The van der Waals surface area contributed by atoms with Crippen LogP contribution in [0.15, 0.2) is 97.5 Å². The Hall–Kier alpha value is -3.66. The number of hydrogen-bond donors (Lipinski definition) is 1. The molecule has 0 saturated heterocycles. The predicted octanol–water partition coefficient (Wildman–Crippen LogP) is 5.55. The van der Waals surface area contributed by atoms with Crippen LogP contribution in [0.5, 0.6) is 11.6 Å². The third-order valence-electron chi connectivity index (χ3n) is 4.14. The van der Waals surface area contributed by atoms with Crippen LogP contribution in [-0.4, -0.2) is 9.97 Å². The van der Waals surface area contributed by atoms with E-state index in [-0.39, 0.29) is 0 Å². The van der Waals surface area contributed by atoms with E-state index in [4.69, 9.17) is 4.74 Å². The van der Waals surface area contributed by atoms with Gasteiger partial charge in [0.2, 0.25) is 5.88 Å². The summed E-state index contributed by atoms with van der Waals surface area (Å²) in [7, 11) is 0. The van der Waals surface area contributed by atoms with E-state index < -0.39 is 0 Å². The van der Waals surface area contributed by atoms with Crippen LogP contribution >= 0.6 is 0 Å². The van der Waals surface area contributed by atoms with E-state index in [9.17, 15) is 0 Å². The molecule has 0 atom stereocenters. The molecule has 2 heterocycles. The van der Waals surface area contributed by atoms with Crippen LogP contribution in [0.2, 0.25) is 0 Å². The quantitative estimate of drug-likeness (QED) is 0.494. The first-order valence-electron chi connectivity index (χ1n) is 8.79. The fourth-order valence-electron chi connectivity index (χ4n) is 2.72. The number of ether oxygens (including phenoxy) is 1. The smallest absolute Gasteiger partial charge is 0.219 e. The zero-order valence-corrected chi connectivity index (χ0v) is 14.7. The van der Waals surface area contributed by atoms with Gasteiger partial charge in [-0.2, -0.15) is 0 Å². The van der Waals surface area contributed by atoms with Gasteiger partial charge in [0.15, 0.2) is 0 Å². The minimum atomic E-state index is 0.564. The zero-order chi connectivity index (χ0) is 18.3. The van der Waals surface area contributed by atoms with Gasteiger partial charge in [0.1, 0.15) is 5.75 Å². The van der Waals surface area contributed by atoms with E-state index in [0.29, 0.717) is 12.4 Å². The molecule has 2 aromatic heterocycles. The molecule has 0 spiro atoms. The maximum absolute atomic E-state index is 5.84. The lowest BCUT2D eigenvalue weighted by Gasteiger charge is -2.08. The van der Waals surface area contributed by atoms with Crippen LogP contribution in [0.4, 0.5) is 5.69 Å². The van der Waals surface area contributed by atoms with E-state index >= 15 is 0 Å². The van der Waals surface area contributed by atoms with Crippen molar-refractivity contribution < 1.29 is 4.74 Å². The molecule has 0 aliphatic rings. The molecule has 0 aliphatic heterocycles. The summed E-state index contributed by atoms with van der Waals surface area (Å²) in [5, 5.41) is 3.32. The van der Waals surface area contributed by atoms with E-state index in [1.54, 1.807) is 12.4 Å². The van der Waals surface area contributed by atoms with Crippen LogP contribution in [0, 0.1) is 0 Å². The van der Waals surface area contributed by atoms with Gasteiger partial charge in [-0.1, -0.05) is 48.5 Å². The van der Waals surface area contributed by atoms with Gasteiger partial charge < -0.3 is 10.1 Å². The van der Waals surface area contributed by atoms with Gasteiger partial charge >= 0.3 is 0 Å². The number of benzene rings is 2. The minimum absolute atomic E-state index is 0.564. The number of rotatable bonds is 6. The van der Waals surface area contributed by atoms with E-state index in [1.807, 2.05) is 60.8 Å². The molecule has 0 saturated carbocycles. The lowest BCUT2D eigenvalue weighted by atomic mass is 10.1. The first-order valence-corrected chi connectivity index (χ1v) is 8.79. The summed E-state index contributed by atoms with van der Waals surface area (Å²) in [6.45, 7) is 0.705. The molecule has 0 amide bonds. The topological polar surface area (TPSA) is 47.0 Å². The molecule has 2 aromatic carbocycles. The molecular weight excluding hydrogens is 334 g/mol. The molecule has 4 aromatic rings. The first kappa shape index (κ1) is 16.8. The van der Waals surface area contributed by atoms with Gasteiger partial charge in [-0.05, 0) is 41.0 Å². The highest BCUT2D eigenvalue weighted by atomic mass is 16.5. The summed E-state index contributed by atoms with van der Waals surface area (Å²) in [5.74, 6) is 1.33. The number of nitrogens with zero attached hydrogens (tertiary/aromatic N) is 2. The Bertz CT molecular complexity index is 970. The van der Waals surface area contributed by atoms with Crippen molar-refractivity contribution in [3.63, 3.8) is 0 Å². The van der Waals surface area contributed by atoms with Gasteiger partial charge in [0, 0.05) is 25.0 Å². The molecule has 4 heteroatoms. The fraction of sp³-hybridized carbons (Fsp3) is 0.0435. The largest absolute Gasteiger partial charge is 0.439 e. The molecule has 0 aliphatic carbocycles. The summed E-state index contributed by atoms with van der Waals surface area (Å²) >= 11 is 0. The van der Waals surface area contributed by atoms with Crippen LogP contribution in [0.25, 0.3) is 11.1 Å². The Morgan fingerprint density at radius 2 is 1.56 bits per heavy atom. The van der Waals surface area contributed by atoms with Crippen molar-refractivity contribution in [1.29, 1.82) is 0 Å². The number of aromatic nitrogens is 2. The highest BCUT2D eigenvalue weighted by Crippen LogP contribution is 2.25.